The molecule has 0 radical (unpaired) electrons. The van der Waals surface area contributed by atoms with Crippen LogP contribution in [-0.4, -0.2) is 18.8 Å². The molecule has 0 heterocycles. The summed E-state index contributed by atoms with van der Waals surface area (Å²) in [4.78, 5) is 15.7. The Bertz CT molecular complexity index is 490. The fraction of sp³-hybridized carbons (Fsp3) is 0.286. The van der Waals surface area contributed by atoms with E-state index < -0.39 is 0 Å². The third-order valence-corrected chi connectivity index (χ3v) is 2.26. The molecule has 1 aromatic carbocycles. The lowest BCUT2D eigenvalue weighted by molar-refractivity contribution is -0.131. The fourth-order valence-corrected chi connectivity index (χ4v) is 1.52. The minimum atomic E-state index is -0.337. The summed E-state index contributed by atoms with van der Waals surface area (Å²) in [5, 5.41) is 3.87. The molecule has 1 aromatic rings. The van der Waals surface area contributed by atoms with E-state index in [0.29, 0.717) is 5.75 Å². The third-order valence-electron chi connectivity index (χ3n) is 2.26. The van der Waals surface area contributed by atoms with Gasteiger partial charge in [0.25, 0.3) is 0 Å². The molecule has 0 aliphatic heterocycles. The standard InChI is InChI=1S/C14H17NO3/c1-5-6-13-9-12(10(2)15-17-4)7-8-14(13)18-11(3)16/h5-9H,1-4H3/b6-5-,15-10+. The minimum absolute atomic E-state index is 0.337. The molecule has 0 spiro atoms. The number of rotatable bonds is 4. The number of ether oxygens (including phenoxy) is 1. The molecular formula is C14H17NO3. The van der Waals surface area contributed by atoms with Gasteiger partial charge in [-0.3, -0.25) is 4.79 Å². The zero-order chi connectivity index (χ0) is 13.5. The normalized spacial score (nSPS) is 11.7. The Morgan fingerprint density at radius 1 is 1.33 bits per heavy atom. The first kappa shape index (κ1) is 14.0. The van der Waals surface area contributed by atoms with Crippen LogP contribution in [0, 0.1) is 0 Å². The zero-order valence-electron chi connectivity index (χ0n) is 11.1. The van der Waals surface area contributed by atoms with Crippen molar-refractivity contribution in [3.63, 3.8) is 0 Å². The van der Waals surface area contributed by atoms with E-state index in [4.69, 9.17) is 9.57 Å². The molecule has 18 heavy (non-hydrogen) atoms. The third kappa shape index (κ3) is 3.73. The van der Waals surface area contributed by atoms with Gasteiger partial charge in [-0.1, -0.05) is 17.3 Å². The molecular weight excluding hydrogens is 230 g/mol. The number of hydrogen-bond donors (Lipinski definition) is 0. The number of oxime groups is 1. The largest absolute Gasteiger partial charge is 0.426 e. The molecule has 0 aliphatic rings. The quantitative estimate of drug-likeness (QED) is 0.355. The van der Waals surface area contributed by atoms with Crippen LogP contribution in [0.15, 0.2) is 29.4 Å². The van der Waals surface area contributed by atoms with E-state index in [-0.39, 0.29) is 5.97 Å². The molecule has 0 bridgehead atoms. The summed E-state index contributed by atoms with van der Waals surface area (Å²) in [5.41, 5.74) is 2.51. The first-order chi connectivity index (χ1) is 8.58. The summed E-state index contributed by atoms with van der Waals surface area (Å²) < 4.78 is 5.13. The van der Waals surface area contributed by atoms with E-state index in [0.717, 1.165) is 16.8 Å². The smallest absolute Gasteiger partial charge is 0.308 e. The maximum Gasteiger partial charge on any atom is 0.308 e. The molecule has 0 atom stereocenters. The Kier molecular flexibility index (Phi) is 5.11. The molecule has 0 aliphatic carbocycles. The van der Waals surface area contributed by atoms with Gasteiger partial charge in [0.05, 0.1) is 5.71 Å². The second kappa shape index (κ2) is 6.59. The fourth-order valence-electron chi connectivity index (χ4n) is 1.52. The summed E-state index contributed by atoms with van der Waals surface area (Å²) in [6.45, 7) is 5.13. The maximum atomic E-state index is 11.0. The van der Waals surface area contributed by atoms with Crippen molar-refractivity contribution in [1.82, 2.24) is 0 Å². The van der Waals surface area contributed by atoms with Crippen LogP contribution in [0.4, 0.5) is 0 Å². The number of carbonyl (C=O) groups is 1. The molecule has 0 unspecified atom stereocenters. The van der Waals surface area contributed by atoms with Crippen molar-refractivity contribution in [3.8, 4) is 5.75 Å². The number of nitrogens with zero attached hydrogens (tertiary/aromatic N) is 1. The van der Waals surface area contributed by atoms with Gasteiger partial charge in [-0.15, -0.1) is 0 Å². The highest BCUT2D eigenvalue weighted by molar-refractivity contribution is 5.99. The zero-order valence-corrected chi connectivity index (χ0v) is 11.1. The van der Waals surface area contributed by atoms with Gasteiger partial charge in [-0.2, -0.15) is 0 Å². The van der Waals surface area contributed by atoms with Crippen molar-refractivity contribution in [3.05, 3.63) is 35.4 Å². The Balaban J connectivity index is 3.18. The van der Waals surface area contributed by atoms with E-state index in [1.807, 2.05) is 38.1 Å². The molecule has 0 N–H and O–H groups in total. The molecule has 0 saturated carbocycles. The van der Waals surface area contributed by atoms with Crippen LogP contribution in [0.5, 0.6) is 5.75 Å². The number of allylic oxidation sites excluding steroid dienone is 1. The SMILES string of the molecule is C/C=C\c1cc(/C(C)=N/OC)ccc1OC(C)=O. The van der Waals surface area contributed by atoms with Crippen molar-refractivity contribution in [2.45, 2.75) is 20.8 Å². The van der Waals surface area contributed by atoms with Crippen LogP contribution in [0.25, 0.3) is 6.08 Å². The lowest BCUT2D eigenvalue weighted by Gasteiger charge is -2.08. The predicted octanol–water partition coefficient (Wildman–Crippen LogP) is 3.02. The van der Waals surface area contributed by atoms with Gasteiger partial charge in [0.2, 0.25) is 0 Å². The van der Waals surface area contributed by atoms with Gasteiger partial charge >= 0.3 is 5.97 Å². The van der Waals surface area contributed by atoms with Crippen molar-refractivity contribution >= 4 is 17.8 Å². The molecule has 0 saturated heterocycles. The van der Waals surface area contributed by atoms with Crippen LogP contribution in [0.1, 0.15) is 31.9 Å². The van der Waals surface area contributed by atoms with E-state index >= 15 is 0 Å². The van der Waals surface area contributed by atoms with Crippen molar-refractivity contribution in [1.29, 1.82) is 0 Å². The Hall–Kier alpha value is -2.10. The molecule has 4 heteroatoms. The van der Waals surface area contributed by atoms with Crippen molar-refractivity contribution in [2.75, 3.05) is 7.11 Å². The van der Waals surface area contributed by atoms with E-state index in [2.05, 4.69) is 5.16 Å². The lowest BCUT2D eigenvalue weighted by atomic mass is 10.1. The highest BCUT2D eigenvalue weighted by Gasteiger charge is 2.07. The summed E-state index contributed by atoms with van der Waals surface area (Å²) in [6.07, 6.45) is 3.76. The van der Waals surface area contributed by atoms with Crippen molar-refractivity contribution < 1.29 is 14.4 Å². The monoisotopic (exact) mass is 247 g/mol. The topological polar surface area (TPSA) is 47.9 Å². The second-order valence-electron chi connectivity index (χ2n) is 3.71. The van der Waals surface area contributed by atoms with Crippen molar-refractivity contribution in [2.24, 2.45) is 5.16 Å². The molecule has 96 valence electrons. The summed E-state index contributed by atoms with van der Waals surface area (Å²) in [6, 6.07) is 5.49. The van der Waals surface area contributed by atoms with Gasteiger partial charge < -0.3 is 9.57 Å². The summed E-state index contributed by atoms with van der Waals surface area (Å²) in [7, 11) is 1.50. The number of carbonyl (C=O) groups excluding carboxylic acids is 1. The van der Waals surface area contributed by atoms with Crippen LogP contribution in [-0.2, 0) is 9.63 Å². The first-order valence-electron chi connectivity index (χ1n) is 5.61. The number of esters is 1. The first-order valence-corrected chi connectivity index (χ1v) is 5.61. The van der Waals surface area contributed by atoms with Gasteiger partial charge in [-0.25, -0.2) is 0 Å². The van der Waals surface area contributed by atoms with Crippen LogP contribution >= 0.6 is 0 Å². The average molecular weight is 247 g/mol. The van der Waals surface area contributed by atoms with Crippen LogP contribution < -0.4 is 4.74 Å². The molecule has 0 aromatic heterocycles. The van der Waals surface area contributed by atoms with E-state index in [9.17, 15) is 4.79 Å². The van der Waals surface area contributed by atoms with Crippen LogP contribution in [0.3, 0.4) is 0 Å². The number of hydrogen-bond acceptors (Lipinski definition) is 4. The predicted molar refractivity (Wildman–Crippen MR) is 71.7 cm³/mol. The molecule has 4 nitrogen and oxygen atoms in total. The van der Waals surface area contributed by atoms with E-state index in [1.54, 1.807) is 6.07 Å². The van der Waals surface area contributed by atoms with Gasteiger partial charge in [0.15, 0.2) is 0 Å². The molecule has 1 rings (SSSR count). The number of benzene rings is 1. The highest BCUT2D eigenvalue weighted by atomic mass is 16.6. The maximum absolute atomic E-state index is 11.0. The highest BCUT2D eigenvalue weighted by Crippen LogP contribution is 2.22. The molecule has 0 fully saturated rings. The summed E-state index contributed by atoms with van der Waals surface area (Å²) in [5.74, 6) is 0.199. The Labute approximate surface area is 107 Å². The van der Waals surface area contributed by atoms with Gasteiger partial charge in [0.1, 0.15) is 12.9 Å². The van der Waals surface area contributed by atoms with Gasteiger partial charge in [0, 0.05) is 12.5 Å². The average Bonchev–Trinajstić information content (AvgIpc) is 2.31. The van der Waals surface area contributed by atoms with E-state index in [1.165, 1.54) is 14.0 Å². The second-order valence-corrected chi connectivity index (χ2v) is 3.71. The minimum Gasteiger partial charge on any atom is -0.426 e. The summed E-state index contributed by atoms with van der Waals surface area (Å²) >= 11 is 0. The Morgan fingerprint density at radius 2 is 2.06 bits per heavy atom. The molecule has 0 amide bonds. The Morgan fingerprint density at radius 3 is 2.61 bits per heavy atom. The van der Waals surface area contributed by atoms with Gasteiger partial charge in [-0.05, 0) is 37.6 Å². The lowest BCUT2D eigenvalue weighted by Crippen LogP contribution is -2.04. The van der Waals surface area contributed by atoms with Crippen LogP contribution in [0.2, 0.25) is 0 Å².